The average Bonchev–Trinajstić information content (AvgIpc) is 3.00. The van der Waals surface area contributed by atoms with E-state index in [9.17, 15) is 4.79 Å². The van der Waals surface area contributed by atoms with Crippen LogP contribution in [0.25, 0.3) is 0 Å². The fraction of sp³-hybridized carbons (Fsp3) is 0.600. The number of carbonyl (C=O) groups excluding carboxylic acids is 1. The van der Waals surface area contributed by atoms with Gasteiger partial charge in [-0.25, -0.2) is 0 Å². The Bertz CT molecular complexity index is 500. The second-order valence-electron chi connectivity index (χ2n) is 5.58. The van der Waals surface area contributed by atoms with E-state index in [1.807, 2.05) is 11.9 Å². The summed E-state index contributed by atoms with van der Waals surface area (Å²) in [6, 6.07) is 4.03. The topological polar surface area (TPSA) is 61.1 Å². The van der Waals surface area contributed by atoms with Gasteiger partial charge in [0.2, 0.25) is 0 Å². The molecule has 2 fully saturated rings. The summed E-state index contributed by atoms with van der Waals surface area (Å²) in [6.07, 6.45) is 5.31. The highest BCUT2D eigenvalue weighted by molar-refractivity contribution is 5.91. The number of hydrogen-bond acceptors (Lipinski definition) is 3. The molecule has 1 N–H and O–H groups in total. The van der Waals surface area contributed by atoms with Crippen LogP contribution >= 0.6 is 0 Å². The zero-order chi connectivity index (χ0) is 14.7. The van der Waals surface area contributed by atoms with Crippen molar-refractivity contribution in [1.82, 2.24) is 15.1 Å². The summed E-state index contributed by atoms with van der Waals surface area (Å²) >= 11 is 0. The molecule has 1 aromatic rings. The molecule has 2 aliphatic rings. The first-order valence-corrected chi connectivity index (χ1v) is 7.59. The van der Waals surface area contributed by atoms with E-state index in [1.54, 1.807) is 12.1 Å². The van der Waals surface area contributed by atoms with E-state index in [0.717, 1.165) is 19.0 Å². The molecule has 0 radical (unpaired) electrons. The van der Waals surface area contributed by atoms with Crippen molar-refractivity contribution in [2.24, 2.45) is 4.99 Å². The lowest BCUT2D eigenvalue weighted by molar-refractivity contribution is 0.0656. The quantitative estimate of drug-likeness (QED) is 0.656. The molecule has 0 atom stereocenters. The molecule has 1 aromatic heterocycles. The molecule has 0 unspecified atom stereocenters. The van der Waals surface area contributed by atoms with Gasteiger partial charge < -0.3 is 19.5 Å². The number of furan rings is 1. The zero-order valence-corrected chi connectivity index (χ0v) is 12.4. The van der Waals surface area contributed by atoms with E-state index in [0.29, 0.717) is 24.9 Å². The number of hydrogen-bond donors (Lipinski definition) is 1. The molecule has 3 rings (SSSR count). The Morgan fingerprint density at radius 3 is 2.52 bits per heavy atom. The summed E-state index contributed by atoms with van der Waals surface area (Å²) in [4.78, 5) is 20.6. The Morgan fingerprint density at radius 2 is 2.00 bits per heavy atom. The van der Waals surface area contributed by atoms with E-state index in [4.69, 9.17) is 4.42 Å². The number of guanidine groups is 1. The van der Waals surface area contributed by atoms with E-state index in [2.05, 4.69) is 15.2 Å². The SMILES string of the molecule is CN=C(NC1CCC1)N1CCN(C(=O)c2ccco2)CC1. The van der Waals surface area contributed by atoms with Crippen LogP contribution in [-0.2, 0) is 0 Å². The van der Waals surface area contributed by atoms with Crippen LogP contribution in [0.3, 0.4) is 0 Å². The fourth-order valence-electron chi connectivity index (χ4n) is 2.71. The van der Waals surface area contributed by atoms with Crippen molar-refractivity contribution in [2.75, 3.05) is 33.2 Å². The van der Waals surface area contributed by atoms with Crippen molar-refractivity contribution in [3.8, 4) is 0 Å². The molecule has 6 nitrogen and oxygen atoms in total. The number of rotatable bonds is 2. The van der Waals surface area contributed by atoms with Gasteiger partial charge in [-0.15, -0.1) is 0 Å². The number of piperazine rings is 1. The van der Waals surface area contributed by atoms with Gasteiger partial charge in [-0.05, 0) is 31.4 Å². The van der Waals surface area contributed by atoms with Crippen molar-refractivity contribution in [1.29, 1.82) is 0 Å². The van der Waals surface area contributed by atoms with Crippen LogP contribution in [0.4, 0.5) is 0 Å². The summed E-state index contributed by atoms with van der Waals surface area (Å²) in [5.41, 5.74) is 0. The molecule has 1 amide bonds. The van der Waals surface area contributed by atoms with Gasteiger partial charge in [0.05, 0.1) is 6.26 Å². The summed E-state index contributed by atoms with van der Waals surface area (Å²) in [6.45, 7) is 3.01. The number of amides is 1. The third kappa shape index (κ3) is 3.04. The minimum atomic E-state index is -0.0263. The Morgan fingerprint density at radius 1 is 1.29 bits per heavy atom. The van der Waals surface area contributed by atoms with Crippen molar-refractivity contribution in [3.63, 3.8) is 0 Å². The molecular weight excluding hydrogens is 268 g/mol. The van der Waals surface area contributed by atoms with Gasteiger partial charge in [-0.3, -0.25) is 9.79 Å². The molecule has 1 saturated carbocycles. The second-order valence-corrected chi connectivity index (χ2v) is 5.58. The smallest absolute Gasteiger partial charge is 0.289 e. The first-order valence-electron chi connectivity index (χ1n) is 7.59. The molecule has 114 valence electrons. The highest BCUT2D eigenvalue weighted by Gasteiger charge is 2.27. The Balaban J connectivity index is 1.53. The number of carbonyl (C=O) groups is 1. The molecule has 1 aliphatic heterocycles. The Kier molecular flexibility index (Phi) is 4.13. The normalized spacial score (nSPS) is 20.3. The van der Waals surface area contributed by atoms with Gasteiger partial charge in [-0.2, -0.15) is 0 Å². The van der Waals surface area contributed by atoms with E-state index in [1.165, 1.54) is 25.5 Å². The first-order chi connectivity index (χ1) is 10.3. The summed E-state index contributed by atoms with van der Waals surface area (Å²) in [5, 5.41) is 3.50. The van der Waals surface area contributed by atoms with Crippen LogP contribution in [0, 0.1) is 0 Å². The largest absolute Gasteiger partial charge is 0.459 e. The molecular formula is C15H22N4O2. The molecule has 1 aliphatic carbocycles. The second kappa shape index (κ2) is 6.20. The maximum absolute atomic E-state index is 12.2. The third-order valence-corrected chi connectivity index (χ3v) is 4.25. The fourth-order valence-corrected chi connectivity index (χ4v) is 2.71. The highest BCUT2D eigenvalue weighted by Crippen LogP contribution is 2.18. The number of nitrogens with zero attached hydrogens (tertiary/aromatic N) is 3. The lowest BCUT2D eigenvalue weighted by Crippen LogP contribution is -2.56. The van der Waals surface area contributed by atoms with Gasteiger partial charge in [0.1, 0.15) is 0 Å². The standard InChI is InChI=1S/C15H22N4O2/c1-16-15(17-12-4-2-5-12)19-9-7-18(8-10-19)14(20)13-6-3-11-21-13/h3,6,11-12H,2,4-5,7-10H2,1H3,(H,16,17). The average molecular weight is 290 g/mol. The Hall–Kier alpha value is -1.98. The maximum atomic E-state index is 12.2. The molecule has 0 aromatic carbocycles. The third-order valence-electron chi connectivity index (χ3n) is 4.25. The predicted molar refractivity (Wildman–Crippen MR) is 80.3 cm³/mol. The lowest BCUT2D eigenvalue weighted by Gasteiger charge is -2.38. The van der Waals surface area contributed by atoms with Gasteiger partial charge in [0.15, 0.2) is 11.7 Å². The van der Waals surface area contributed by atoms with Gasteiger partial charge in [0, 0.05) is 39.3 Å². The van der Waals surface area contributed by atoms with Crippen LogP contribution in [-0.4, -0.2) is 60.9 Å². The number of nitrogens with one attached hydrogen (secondary N) is 1. The van der Waals surface area contributed by atoms with Crippen LogP contribution in [0.15, 0.2) is 27.8 Å². The minimum Gasteiger partial charge on any atom is -0.459 e. The van der Waals surface area contributed by atoms with Gasteiger partial charge in [-0.1, -0.05) is 0 Å². The van der Waals surface area contributed by atoms with Crippen LogP contribution < -0.4 is 5.32 Å². The molecule has 0 bridgehead atoms. The highest BCUT2D eigenvalue weighted by atomic mass is 16.3. The molecule has 0 spiro atoms. The van der Waals surface area contributed by atoms with E-state index < -0.39 is 0 Å². The zero-order valence-electron chi connectivity index (χ0n) is 12.4. The van der Waals surface area contributed by atoms with Crippen LogP contribution in [0.2, 0.25) is 0 Å². The summed E-state index contributed by atoms with van der Waals surface area (Å²) in [7, 11) is 1.82. The molecule has 21 heavy (non-hydrogen) atoms. The van der Waals surface area contributed by atoms with Crippen molar-refractivity contribution < 1.29 is 9.21 Å². The summed E-state index contributed by atoms with van der Waals surface area (Å²) in [5.74, 6) is 1.35. The minimum absolute atomic E-state index is 0.0263. The Labute approximate surface area is 124 Å². The van der Waals surface area contributed by atoms with Gasteiger partial charge in [0.25, 0.3) is 5.91 Å². The molecule has 1 saturated heterocycles. The van der Waals surface area contributed by atoms with Crippen LogP contribution in [0.1, 0.15) is 29.8 Å². The molecule has 2 heterocycles. The van der Waals surface area contributed by atoms with Crippen molar-refractivity contribution in [3.05, 3.63) is 24.2 Å². The maximum Gasteiger partial charge on any atom is 0.289 e. The first kappa shape index (κ1) is 14.0. The van der Waals surface area contributed by atoms with E-state index in [-0.39, 0.29) is 5.91 Å². The summed E-state index contributed by atoms with van der Waals surface area (Å²) < 4.78 is 5.18. The van der Waals surface area contributed by atoms with Crippen molar-refractivity contribution in [2.45, 2.75) is 25.3 Å². The monoisotopic (exact) mass is 290 g/mol. The van der Waals surface area contributed by atoms with Gasteiger partial charge >= 0.3 is 0 Å². The predicted octanol–water partition coefficient (Wildman–Crippen LogP) is 1.17. The number of aliphatic imine (C=N–C) groups is 1. The van der Waals surface area contributed by atoms with E-state index >= 15 is 0 Å². The van der Waals surface area contributed by atoms with Crippen molar-refractivity contribution >= 4 is 11.9 Å². The van der Waals surface area contributed by atoms with Crippen LogP contribution in [0.5, 0.6) is 0 Å². The molecule has 6 heteroatoms. The lowest BCUT2D eigenvalue weighted by atomic mass is 9.93.